The Morgan fingerprint density at radius 1 is 1.58 bits per heavy atom. The maximum Gasteiger partial charge on any atom is 0.130 e. The van der Waals surface area contributed by atoms with E-state index in [4.69, 9.17) is 0 Å². The van der Waals surface area contributed by atoms with Gasteiger partial charge in [-0.15, -0.1) is 0 Å². The number of hydrogen-bond donors (Lipinski definition) is 1. The first-order valence-corrected chi connectivity index (χ1v) is 4.79. The second kappa shape index (κ2) is 3.01. The maximum absolute atomic E-state index is 4.10. The Morgan fingerprint density at radius 3 is 2.92 bits per heavy atom. The largest absolute Gasteiger partial charge is 0.367 e. The van der Waals surface area contributed by atoms with Crippen molar-refractivity contribution in [1.82, 2.24) is 9.97 Å². The number of anilines is 1. The van der Waals surface area contributed by atoms with Gasteiger partial charge in [0, 0.05) is 12.1 Å². The number of rotatable bonds is 2. The molecule has 0 saturated heterocycles. The highest BCUT2D eigenvalue weighted by Gasteiger charge is 2.32. The molecular weight excluding hydrogens is 218 g/mol. The summed E-state index contributed by atoms with van der Waals surface area (Å²) >= 11 is 3.30. The molecule has 1 fully saturated rings. The minimum absolute atomic E-state index is 0.617. The summed E-state index contributed by atoms with van der Waals surface area (Å²) in [6, 6.07) is 2.51. The molecule has 2 unspecified atom stereocenters. The molecular formula is C8H10BrN3. The molecule has 3 nitrogen and oxygen atoms in total. The minimum atomic E-state index is 0.617. The molecule has 1 N–H and O–H groups in total. The van der Waals surface area contributed by atoms with Gasteiger partial charge in [0.1, 0.15) is 16.7 Å². The second-order valence-corrected chi connectivity index (χ2v) is 4.00. The van der Waals surface area contributed by atoms with Gasteiger partial charge < -0.3 is 5.32 Å². The van der Waals surface area contributed by atoms with Crippen LogP contribution in [0, 0.1) is 5.92 Å². The molecule has 0 aliphatic heterocycles. The van der Waals surface area contributed by atoms with E-state index in [0.717, 1.165) is 16.3 Å². The third-order valence-corrected chi connectivity index (χ3v) is 2.51. The summed E-state index contributed by atoms with van der Waals surface area (Å²) in [6.07, 6.45) is 2.81. The summed E-state index contributed by atoms with van der Waals surface area (Å²) in [5, 5.41) is 3.33. The zero-order valence-electron chi connectivity index (χ0n) is 6.79. The lowest BCUT2D eigenvalue weighted by Gasteiger charge is -2.02. The molecule has 0 bridgehead atoms. The van der Waals surface area contributed by atoms with Gasteiger partial charge in [-0.2, -0.15) is 0 Å². The van der Waals surface area contributed by atoms with Crippen molar-refractivity contribution in [3.63, 3.8) is 0 Å². The molecule has 1 saturated carbocycles. The van der Waals surface area contributed by atoms with Gasteiger partial charge in [-0.05, 0) is 28.3 Å². The number of aromatic nitrogens is 2. The van der Waals surface area contributed by atoms with Gasteiger partial charge in [0.05, 0.1) is 0 Å². The third kappa shape index (κ3) is 1.75. The predicted molar refractivity (Wildman–Crippen MR) is 50.9 cm³/mol. The predicted octanol–water partition coefficient (Wildman–Crippen LogP) is 2.06. The smallest absolute Gasteiger partial charge is 0.130 e. The molecule has 0 radical (unpaired) electrons. The van der Waals surface area contributed by atoms with Crippen LogP contribution in [0.5, 0.6) is 0 Å². The van der Waals surface area contributed by atoms with Crippen LogP contribution in [0.2, 0.25) is 0 Å². The van der Waals surface area contributed by atoms with Gasteiger partial charge in [0.2, 0.25) is 0 Å². The van der Waals surface area contributed by atoms with E-state index in [1.807, 2.05) is 6.07 Å². The van der Waals surface area contributed by atoms with Crippen LogP contribution in [0.25, 0.3) is 0 Å². The van der Waals surface area contributed by atoms with Gasteiger partial charge in [-0.1, -0.05) is 6.92 Å². The molecule has 1 heterocycles. The van der Waals surface area contributed by atoms with Crippen molar-refractivity contribution in [2.75, 3.05) is 5.32 Å². The number of nitrogens with one attached hydrogen (secondary N) is 1. The fourth-order valence-electron chi connectivity index (χ4n) is 1.13. The topological polar surface area (TPSA) is 37.8 Å². The number of nitrogens with zero attached hydrogens (tertiary/aromatic N) is 2. The fourth-order valence-corrected chi connectivity index (χ4v) is 1.43. The normalized spacial score (nSPS) is 26.8. The lowest BCUT2D eigenvalue weighted by atomic mass is 10.4. The summed E-state index contributed by atoms with van der Waals surface area (Å²) in [4.78, 5) is 8.05. The molecule has 1 aliphatic rings. The average molecular weight is 228 g/mol. The first-order valence-electron chi connectivity index (χ1n) is 4.00. The van der Waals surface area contributed by atoms with Crippen LogP contribution in [0.3, 0.4) is 0 Å². The number of hydrogen-bond acceptors (Lipinski definition) is 3. The molecule has 0 aromatic carbocycles. The Balaban J connectivity index is 2.03. The Morgan fingerprint density at radius 2 is 2.33 bits per heavy atom. The summed E-state index contributed by atoms with van der Waals surface area (Å²) in [7, 11) is 0. The standard InChI is InChI=1S/C8H10BrN3/c1-5-2-6(5)12-8-3-7(9)10-4-11-8/h3-6H,2H2,1H3,(H,10,11,12). The van der Waals surface area contributed by atoms with Crippen LogP contribution in [0.15, 0.2) is 17.0 Å². The van der Waals surface area contributed by atoms with E-state index < -0.39 is 0 Å². The van der Waals surface area contributed by atoms with E-state index in [9.17, 15) is 0 Å². The van der Waals surface area contributed by atoms with Crippen molar-refractivity contribution in [1.29, 1.82) is 0 Å². The van der Waals surface area contributed by atoms with Crippen LogP contribution < -0.4 is 5.32 Å². The summed E-state index contributed by atoms with van der Waals surface area (Å²) < 4.78 is 0.827. The summed E-state index contributed by atoms with van der Waals surface area (Å²) in [5.41, 5.74) is 0. The molecule has 2 rings (SSSR count). The fraction of sp³-hybridized carbons (Fsp3) is 0.500. The lowest BCUT2D eigenvalue weighted by molar-refractivity contribution is 0.921. The van der Waals surface area contributed by atoms with E-state index in [2.05, 4.69) is 38.1 Å². The van der Waals surface area contributed by atoms with Crippen LogP contribution in [-0.4, -0.2) is 16.0 Å². The number of halogens is 1. The van der Waals surface area contributed by atoms with Crippen molar-refractivity contribution in [3.8, 4) is 0 Å². The van der Waals surface area contributed by atoms with Gasteiger partial charge in [-0.3, -0.25) is 0 Å². The van der Waals surface area contributed by atoms with E-state index in [1.54, 1.807) is 6.33 Å². The van der Waals surface area contributed by atoms with Crippen molar-refractivity contribution < 1.29 is 0 Å². The van der Waals surface area contributed by atoms with Crippen molar-refractivity contribution in [2.24, 2.45) is 5.92 Å². The van der Waals surface area contributed by atoms with Crippen molar-refractivity contribution >= 4 is 21.7 Å². The Kier molecular flexibility index (Phi) is 2.00. The highest BCUT2D eigenvalue weighted by atomic mass is 79.9. The van der Waals surface area contributed by atoms with Crippen molar-refractivity contribution in [2.45, 2.75) is 19.4 Å². The van der Waals surface area contributed by atoms with E-state index in [1.165, 1.54) is 6.42 Å². The minimum Gasteiger partial charge on any atom is -0.367 e. The van der Waals surface area contributed by atoms with Gasteiger partial charge >= 0.3 is 0 Å². The molecule has 1 aromatic rings. The average Bonchev–Trinajstić information content (AvgIpc) is 2.66. The molecule has 12 heavy (non-hydrogen) atoms. The van der Waals surface area contributed by atoms with E-state index >= 15 is 0 Å². The SMILES string of the molecule is CC1CC1Nc1cc(Br)ncn1. The summed E-state index contributed by atoms with van der Waals surface area (Å²) in [6.45, 7) is 2.23. The molecule has 1 aliphatic carbocycles. The molecule has 4 heteroatoms. The first-order chi connectivity index (χ1) is 5.75. The Labute approximate surface area is 79.7 Å². The first kappa shape index (κ1) is 7.98. The molecule has 0 amide bonds. The zero-order chi connectivity index (χ0) is 8.55. The van der Waals surface area contributed by atoms with Gasteiger partial charge in [0.25, 0.3) is 0 Å². The Hall–Kier alpha value is -0.640. The molecule has 1 aromatic heterocycles. The quantitative estimate of drug-likeness (QED) is 0.787. The molecule has 2 atom stereocenters. The molecule has 0 spiro atoms. The van der Waals surface area contributed by atoms with Gasteiger partial charge in [0.15, 0.2) is 0 Å². The highest BCUT2D eigenvalue weighted by Crippen LogP contribution is 2.32. The summed E-state index contributed by atoms with van der Waals surface area (Å²) in [5.74, 6) is 1.70. The highest BCUT2D eigenvalue weighted by molar-refractivity contribution is 9.10. The van der Waals surface area contributed by atoms with Crippen LogP contribution in [-0.2, 0) is 0 Å². The van der Waals surface area contributed by atoms with Crippen molar-refractivity contribution in [3.05, 3.63) is 17.0 Å². The van der Waals surface area contributed by atoms with E-state index in [0.29, 0.717) is 6.04 Å². The monoisotopic (exact) mass is 227 g/mol. The van der Waals surface area contributed by atoms with Crippen LogP contribution in [0.1, 0.15) is 13.3 Å². The van der Waals surface area contributed by atoms with Gasteiger partial charge in [-0.25, -0.2) is 9.97 Å². The van der Waals surface area contributed by atoms with Crippen LogP contribution >= 0.6 is 15.9 Å². The molecule has 64 valence electrons. The maximum atomic E-state index is 4.10. The van der Waals surface area contributed by atoms with Crippen LogP contribution in [0.4, 0.5) is 5.82 Å². The zero-order valence-corrected chi connectivity index (χ0v) is 8.37. The lowest BCUT2D eigenvalue weighted by Crippen LogP contribution is -2.05. The Bertz CT molecular complexity index is 289. The third-order valence-electron chi connectivity index (χ3n) is 2.08. The van der Waals surface area contributed by atoms with E-state index in [-0.39, 0.29) is 0 Å². The second-order valence-electron chi connectivity index (χ2n) is 3.19.